The summed E-state index contributed by atoms with van der Waals surface area (Å²) in [4.78, 5) is 44.5. The predicted octanol–water partition coefficient (Wildman–Crippen LogP) is 3.66. The molecule has 1 aliphatic rings. The van der Waals surface area contributed by atoms with Gasteiger partial charge in [-0.05, 0) is 63.8 Å². The molecule has 1 N–H and O–H groups in total. The number of methoxy groups -OCH3 is 1. The number of rotatable bonds is 9. The van der Waals surface area contributed by atoms with E-state index < -0.39 is 28.5 Å². The smallest absolute Gasteiger partial charge is 0.333 e. The summed E-state index contributed by atoms with van der Waals surface area (Å²) in [6.45, 7) is 10.3. The minimum absolute atomic E-state index is 0. The minimum atomic E-state index is -1.50. The molecule has 0 atom stereocenters. The highest BCUT2D eigenvalue weighted by Crippen LogP contribution is 2.31. The fraction of sp³-hybridized carbons (Fsp3) is 0.452. The van der Waals surface area contributed by atoms with Gasteiger partial charge in [-0.2, -0.15) is 10.2 Å². The molecule has 4 aromatic rings. The molecule has 15 heteroatoms. The van der Waals surface area contributed by atoms with Crippen molar-refractivity contribution >= 4 is 51.4 Å². The first-order chi connectivity index (χ1) is 21.4. The molecule has 12 nitrogen and oxygen atoms in total. The summed E-state index contributed by atoms with van der Waals surface area (Å²) < 4.78 is 26.8. The number of carbonyl (C=O) groups is 1. The van der Waals surface area contributed by atoms with Gasteiger partial charge in [0.15, 0.2) is 0 Å². The number of halogens is 2. The third kappa shape index (κ3) is 7.75. The molecule has 0 aliphatic carbocycles. The highest BCUT2D eigenvalue weighted by Gasteiger charge is 2.37. The van der Waals surface area contributed by atoms with E-state index in [1.807, 2.05) is 0 Å². The van der Waals surface area contributed by atoms with Crippen molar-refractivity contribution in [2.45, 2.75) is 58.2 Å². The first-order valence-corrected chi connectivity index (χ1v) is 15.3. The number of hydrogen-bond donors (Lipinski definition) is 1. The number of likely N-dealkylation sites (N-methyl/N-ethyl adjacent to an activating group) is 1. The Bertz CT molecular complexity index is 1780. The van der Waals surface area contributed by atoms with Crippen LogP contribution in [0.3, 0.4) is 0 Å². The average molecular weight is 771 g/mol. The molecular weight excluding hydrogens is 730 g/mol. The first-order valence-electron chi connectivity index (χ1n) is 14.5. The van der Waals surface area contributed by atoms with Gasteiger partial charge in [-0.1, -0.05) is 17.4 Å². The number of carbonyl (C=O) groups excluding carboxylic acids is 1. The molecule has 0 unspecified atom stereocenters. The van der Waals surface area contributed by atoms with Crippen LogP contribution in [-0.2, 0) is 28.0 Å². The average Bonchev–Trinajstić information content (AvgIpc) is 3.66. The van der Waals surface area contributed by atoms with Gasteiger partial charge in [0.2, 0.25) is 5.91 Å². The van der Waals surface area contributed by atoms with Crippen molar-refractivity contribution in [1.29, 1.82) is 0 Å². The monoisotopic (exact) mass is 770 g/mol. The molecule has 1 aromatic carbocycles. The number of benzene rings is 1. The fourth-order valence-electron chi connectivity index (χ4n) is 5.24. The second-order valence-corrected chi connectivity index (χ2v) is 12.2. The van der Waals surface area contributed by atoms with Crippen molar-refractivity contribution in [2.75, 3.05) is 33.9 Å². The predicted molar refractivity (Wildman–Crippen MR) is 185 cm³/mol. The Kier molecular flexibility index (Phi) is 12.8. The van der Waals surface area contributed by atoms with E-state index in [1.54, 1.807) is 33.9 Å². The van der Waals surface area contributed by atoms with Crippen LogP contribution in [0.15, 0.2) is 52.8 Å². The molecule has 250 valence electrons. The van der Waals surface area contributed by atoms with Crippen molar-refractivity contribution in [3.63, 3.8) is 0 Å². The number of fused-ring (bicyclic) bond motifs is 1. The summed E-state index contributed by atoms with van der Waals surface area (Å²) in [7, 11) is 3.07. The van der Waals surface area contributed by atoms with Crippen molar-refractivity contribution in [3.05, 3.63) is 81.0 Å². The zero-order chi connectivity index (χ0) is 32.9. The van der Waals surface area contributed by atoms with E-state index in [0.717, 1.165) is 30.6 Å². The second-order valence-electron chi connectivity index (χ2n) is 11.2. The maximum atomic E-state index is 14.0. The number of hydrogen-bond acceptors (Lipinski definition) is 9. The normalized spacial score (nSPS) is 13.5. The Hall–Kier alpha value is -3.41. The summed E-state index contributed by atoms with van der Waals surface area (Å²) >= 11 is 1.20. The third-order valence-corrected chi connectivity index (χ3v) is 8.94. The molecule has 5 rings (SSSR count). The van der Waals surface area contributed by atoms with E-state index in [0.29, 0.717) is 32.1 Å². The quantitative estimate of drug-likeness (QED) is 0.202. The second kappa shape index (κ2) is 15.9. The number of aromatic nitrogens is 5. The first kappa shape index (κ1) is 37.1. The maximum absolute atomic E-state index is 14.0. The number of nitrogens with zero attached hydrogens (tertiary/aromatic N) is 6. The lowest BCUT2D eigenvalue weighted by Crippen LogP contribution is -2.56. The van der Waals surface area contributed by atoms with Gasteiger partial charge in [0.05, 0.1) is 31.0 Å². The van der Waals surface area contributed by atoms with Gasteiger partial charge in [-0.3, -0.25) is 14.2 Å². The lowest BCUT2D eigenvalue weighted by Gasteiger charge is -2.30. The summed E-state index contributed by atoms with van der Waals surface area (Å²) in [5, 5.41) is 18.1. The summed E-state index contributed by atoms with van der Waals surface area (Å²) in [6, 6.07) is 4.18. The van der Waals surface area contributed by atoms with Gasteiger partial charge >= 0.3 is 5.69 Å². The third-order valence-electron chi connectivity index (χ3n) is 7.66. The molecule has 0 radical (unpaired) electrons. The van der Waals surface area contributed by atoms with E-state index in [1.165, 1.54) is 63.3 Å². The van der Waals surface area contributed by atoms with Crippen molar-refractivity contribution in [3.8, 4) is 10.8 Å². The number of thiophene rings is 1. The van der Waals surface area contributed by atoms with E-state index in [4.69, 9.17) is 14.6 Å². The highest BCUT2D eigenvalue weighted by molar-refractivity contribution is 14.0. The van der Waals surface area contributed by atoms with Gasteiger partial charge in [0.1, 0.15) is 26.9 Å². The number of aryl methyl sites for hydroxylation is 3. The molecule has 0 saturated carbocycles. The summed E-state index contributed by atoms with van der Waals surface area (Å²) in [5.74, 6) is -0.371. The van der Waals surface area contributed by atoms with Gasteiger partial charge in [0.25, 0.3) is 5.56 Å². The van der Waals surface area contributed by atoms with Crippen LogP contribution in [0, 0.1) is 12.7 Å². The molecule has 0 bridgehead atoms. The van der Waals surface area contributed by atoms with Crippen LogP contribution in [0.5, 0.6) is 5.75 Å². The standard InChI is InChI=1S/C26H29FN6O4S.C5H10O2.HI/c1-7-13-30(5)24(35)26(3,4)32-21(34)20-16(2)22(33-28-11-12-29-33)38-23(20)31(25(32)36)14-10-17-15-18(27)8-9-19(17)37-6;6-5-1-3-7-4-2-5;/h7-9,11-12,15H,1,10,13-14H2,2-6H3;5-6H,1-4H2;1H. The van der Waals surface area contributed by atoms with E-state index >= 15 is 0 Å². The summed E-state index contributed by atoms with van der Waals surface area (Å²) in [5.41, 5.74) is -1.59. The minimum Gasteiger partial charge on any atom is -0.496 e. The van der Waals surface area contributed by atoms with Crippen LogP contribution in [0.2, 0.25) is 0 Å². The van der Waals surface area contributed by atoms with Gasteiger partial charge in [-0.15, -0.1) is 35.4 Å². The van der Waals surface area contributed by atoms with Crippen LogP contribution in [0.1, 0.15) is 37.8 Å². The lowest BCUT2D eigenvalue weighted by atomic mass is 10.0. The zero-order valence-corrected chi connectivity index (χ0v) is 29.7. The topological polar surface area (TPSA) is 134 Å². The Balaban J connectivity index is 0.000000637. The molecule has 1 saturated heterocycles. The molecule has 3 aromatic heterocycles. The molecule has 1 amide bonds. The number of aliphatic hydroxyl groups is 1. The molecule has 0 spiro atoms. The Morgan fingerprint density at radius 2 is 1.91 bits per heavy atom. The molecule has 1 fully saturated rings. The lowest BCUT2D eigenvalue weighted by molar-refractivity contribution is -0.137. The Labute approximate surface area is 287 Å². The number of ether oxygens (including phenoxy) is 2. The van der Waals surface area contributed by atoms with Gasteiger partial charge < -0.3 is 19.5 Å². The Morgan fingerprint density at radius 3 is 2.48 bits per heavy atom. The SMILES string of the molecule is C=CCN(C)C(=O)C(C)(C)n1c(=O)c2c(C)c(-n3nccn3)sc2n(CCc2cc(F)ccc2OC)c1=O.I.OC1CCOCC1. The van der Waals surface area contributed by atoms with Crippen LogP contribution >= 0.6 is 35.3 Å². The zero-order valence-electron chi connectivity index (χ0n) is 26.6. The largest absolute Gasteiger partial charge is 0.496 e. The highest BCUT2D eigenvalue weighted by atomic mass is 127. The van der Waals surface area contributed by atoms with E-state index in [2.05, 4.69) is 16.8 Å². The van der Waals surface area contributed by atoms with Crippen molar-refractivity contribution < 1.29 is 23.8 Å². The van der Waals surface area contributed by atoms with E-state index in [-0.39, 0.29) is 49.6 Å². The van der Waals surface area contributed by atoms with Crippen LogP contribution in [-0.4, -0.2) is 80.1 Å². The molecule has 4 heterocycles. The van der Waals surface area contributed by atoms with Gasteiger partial charge in [-0.25, -0.2) is 13.8 Å². The van der Waals surface area contributed by atoms with Crippen molar-refractivity contribution in [2.24, 2.45) is 0 Å². The van der Waals surface area contributed by atoms with Crippen LogP contribution in [0.25, 0.3) is 15.2 Å². The van der Waals surface area contributed by atoms with Crippen LogP contribution in [0.4, 0.5) is 4.39 Å². The molecular formula is C31H40FIN6O6S. The molecule has 1 aliphatic heterocycles. The Morgan fingerprint density at radius 1 is 1.26 bits per heavy atom. The fourth-order valence-corrected chi connectivity index (χ4v) is 6.47. The summed E-state index contributed by atoms with van der Waals surface area (Å²) in [6.07, 6.45) is 6.39. The maximum Gasteiger partial charge on any atom is 0.333 e. The van der Waals surface area contributed by atoms with Crippen molar-refractivity contribution in [1.82, 2.24) is 29.0 Å². The number of aliphatic hydroxyl groups excluding tert-OH is 1. The number of amides is 1. The van der Waals surface area contributed by atoms with Crippen LogP contribution < -0.4 is 16.0 Å². The van der Waals surface area contributed by atoms with E-state index in [9.17, 15) is 18.8 Å². The van der Waals surface area contributed by atoms with Gasteiger partial charge in [0, 0.05) is 38.9 Å². The molecule has 46 heavy (non-hydrogen) atoms.